The molecule has 1 aromatic rings. The molecule has 2 rings (SSSR count). The van der Waals surface area contributed by atoms with Crippen LogP contribution >= 0.6 is 0 Å². The fraction of sp³-hybridized carbons (Fsp3) is 0.667. The van der Waals surface area contributed by atoms with Crippen molar-refractivity contribution >= 4 is 0 Å². The molecule has 0 bridgehead atoms. The smallest absolute Gasteiger partial charge is 0.0431 e. The van der Waals surface area contributed by atoms with Gasteiger partial charge in [0, 0.05) is 19.2 Å². The summed E-state index contributed by atoms with van der Waals surface area (Å²) in [6, 6.07) is 11.5. The van der Waals surface area contributed by atoms with Crippen molar-refractivity contribution in [2.24, 2.45) is 5.92 Å². The van der Waals surface area contributed by atoms with Crippen LogP contribution in [0, 0.1) is 5.92 Å². The second-order valence-electron chi connectivity index (χ2n) is 6.29. The van der Waals surface area contributed by atoms with Gasteiger partial charge < -0.3 is 5.11 Å². The molecule has 0 heterocycles. The number of unbranched alkanes of at least 4 members (excludes halogenated alkanes) is 1. The van der Waals surface area contributed by atoms with Crippen LogP contribution in [-0.2, 0) is 6.54 Å². The number of nitrogens with zero attached hydrogens (tertiary/aromatic N) is 1. The van der Waals surface area contributed by atoms with Crippen LogP contribution in [-0.4, -0.2) is 29.7 Å². The Hall–Kier alpha value is -0.860. The van der Waals surface area contributed by atoms with Crippen LogP contribution in [0.4, 0.5) is 0 Å². The average molecular weight is 275 g/mol. The molecule has 1 saturated carbocycles. The molecule has 1 N–H and O–H groups in total. The molecule has 0 unspecified atom stereocenters. The van der Waals surface area contributed by atoms with Crippen LogP contribution in [0.3, 0.4) is 0 Å². The predicted molar refractivity (Wildman–Crippen MR) is 84.6 cm³/mol. The van der Waals surface area contributed by atoms with Crippen LogP contribution < -0.4 is 0 Å². The summed E-state index contributed by atoms with van der Waals surface area (Å²) >= 11 is 0. The highest BCUT2D eigenvalue weighted by atomic mass is 16.2. The third-order valence-corrected chi connectivity index (χ3v) is 4.73. The molecule has 1 aliphatic carbocycles. The van der Waals surface area contributed by atoms with Crippen LogP contribution in [0.2, 0.25) is 0 Å². The van der Waals surface area contributed by atoms with Crippen LogP contribution in [0.5, 0.6) is 0 Å². The van der Waals surface area contributed by atoms with Crippen LogP contribution in [0.15, 0.2) is 30.3 Å². The van der Waals surface area contributed by atoms with Gasteiger partial charge in [0.1, 0.15) is 0 Å². The lowest BCUT2D eigenvalue weighted by Crippen LogP contribution is -2.34. The first-order valence-electron chi connectivity index (χ1n) is 8.14. The van der Waals surface area contributed by atoms with Crippen molar-refractivity contribution in [2.45, 2.75) is 57.5 Å². The molecule has 112 valence electrons. The topological polar surface area (TPSA) is 23.5 Å². The number of aliphatic hydroxyl groups is 1. The lowest BCUT2D eigenvalue weighted by Gasteiger charge is -2.34. The summed E-state index contributed by atoms with van der Waals surface area (Å²) in [6.07, 6.45) is 8.92. The van der Waals surface area contributed by atoms with E-state index in [-0.39, 0.29) is 0 Å². The first kappa shape index (κ1) is 15.5. The van der Waals surface area contributed by atoms with Gasteiger partial charge in [0.2, 0.25) is 0 Å². The largest absolute Gasteiger partial charge is 0.396 e. The summed E-state index contributed by atoms with van der Waals surface area (Å²) in [5.74, 6) is 0.905. The number of hydrogen-bond donors (Lipinski definition) is 1. The average Bonchev–Trinajstić information content (AvgIpc) is 2.49. The lowest BCUT2D eigenvalue weighted by molar-refractivity contribution is 0.153. The van der Waals surface area contributed by atoms with Crippen molar-refractivity contribution in [1.82, 2.24) is 4.90 Å². The second kappa shape index (κ2) is 8.43. The minimum atomic E-state index is 0.356. The SMILES string of the molecule is CN(Cc1ccccc1)C1CCC(CCCCO)CC1. The van der Waals surface area contributed by atoms with E-state index >= 15 is 0 Å². The molecule has 1 fully saturated rings. The fourth-order valence-electron chi connectivity index (χ4n) is 3.42. The molecule has 2 heteroatoms. The zero-order valence-corrected chi connectivity index (χ0v) is 12.8. The molecule has 0 aromatic heterocycles. The maximum Gasteiger partial charge on any atom is 0.0431 e. The van der Waals surface area contributed by atoms with Gasteiger partial charge in [-0.3, -0.25) is 4.90 Å². The highest BCUT2D eigenvalue weighted by Gasteiger charge is 2.23. The van der Waals surface area contributed by atoms with Crippen molar-refractivity contribution in [3.05, 3.63) is 35.9 Å². The number of hydrogen-bond acceptors (Lipinski definition) is 2. The van der Waals surface area contributed by atoms with E-state index in [4.69, 9.17) is 5.11 Å². The second-order valence-corrected chi connectivity index (χ2v) is 6.29. The zero-order valence-electron chi connectivity index (χ0n) is 12.8. The Labute approximate surface area is 123 Å². The molecule has 0 saturated heterocycles. The maximum absolute atomic E-state index is 8.84. The Balaban J connectivity index is 1.70. The summed E-state index contributed by atoms with van der Waals surface area (Å²) in [7, 11) is 2.27. The molecule has 20 heavy (non-hydrogen) atoms. The Morgan fingerprint density at radius 3 is 2.40 bits per heavy atom. The molecule has 0 radical (unpaired) electrons. The monoisotopic (exact) mass is 275 g/mol. The molecule has 1 aliphatic rings. The number of aliphatic hydroxyl groups excluding tert-OH is 1. The summed E-state index contributed by atoms with van der Waals surface area (Å²) in [4.78, 5) is 2.53. The molecule has 2 nitrogen and oxygen atoms in total. The number of rotatable bonds is 7. The van der Waals surface area contributed by atoms with E-state index in [0.29, 0.717) is 6.61 Å². The van der Waals surface area contributed by atoms with Gasteiger partial charge in [-0.15, -0.1) is 0 Å². The third-order valence-electron chi connectivity index (χ3n) is 4.73. The van der Waals surface area contributed by atoms with Crippen molar-refractivity contribution in [3.8, 4) is 0 Å². The summed E-state index contributed by atoms with van der Waals surface area (Å²) < 4.78 is 0. The van der Waals surface area contributed by atoms with Crippen LogP contribution in [0.1, 0.15) is 50.5 Å². The number of benzene rings is 1. The van der Waals surface area contributed by atoms with Crippen molar-refractivity contribution in [1.29, 1.82) is 0 Å². The van der Waals surface area contributed by atoms with Gasteiger partial charge in [-0.05, 0) is 50.6 Å². The Bertz CT molecular complexity index is 357. The van der Waals surface area contributed by atoms with Gasteiger partial charge in [-0.1, -0.05) is 43.2 Å². The van der Waals surface area contributed by atoms with E-state index in [0.717, 1.165) is 24.9 Å². The third kappa shape index (κ3) is 4.92. The first-order chi connectivity index (χ1) is 9.79. The normalized spacial score (nSPS) is 23.1. The van der Waals surface area contributed by atoms with Gasteiger partial charge >= 0.3 is 0 Å². The van der Waals surface area contributed by atoms with Crippen molar-refractivity contribution < 1.29 is 5.11 Å². The zero-order chi connectivity index (χ0) is 14.2. The van der Waals surface area contributed by atoms with Gasteiger partial charge in [0.25, 0.3) is 0 Å². The molecule has 0 spiro atoms. The van der Waals surface area contributed by atoms with Crippen LogP contribution in [0.25, 0.3) is 0 Å². The highest BCUT2D eigenvalue weighted by Crippen LogP contribution is 2.30. The highest BCUT2D eigenvalue weighted by molar-refractivity contribution is 5.14. The molecule has 1 aromatic carbocycles. The summed E-state index contributed by atoms with van der Waals surface area (Å²) in [6.45, 7) is 1.43. The summed E-state index contributed by atoms with van der Waals surface area (Å²) in [5, 5.41) is 8.84. The van der Waals surface area contributed by atoms with Crippen molar-refractivity contribution in [3.63, 3.8) is 0 Å². The van der Waals surface area contributed by atoms with Gasteiger partial charge in [0.15, 0.2) is 0 Å². The molecule has 0 amide bonds. The molecular weight excluding hydrogens is 246 g/mol. The molecule has 0 atom stereocenters. The molecule has 0 aliphatic heterocycles. The Morgan fingerprint density at radius 2 is 1.75 bits per heavy atom. The maximum atomic E-state index is 8.84. The van der Waals surface area contributed by atoms with E-state index in [2.05, 4.69) is 42.3 Å². The lowest BCUT2D eigenvalue weighted by atomic mass is 9.82. The molecular formula is C18H29NO. The Morgan fingerprint density at radius 1 is 1.05 bits per heavy atom. The quantitative estimate of drug-likeness (QED) is 0.764. The summed E-state index contributed by atoms with van der Waals surface area (Å²) in [5.41, 5.74) is 1.42. The van der Waals surface area contributed by atoms with E-state index in [1.54, 1.807) is 0 Å². The first-order valence-corrected chi connectivity index (χ1v) is 8.14. The van der Waals surface area contributed by atoms with E-state index in [1.807, 2.05) is 0 Å². The Kier molecular flexibility index (Phi) is 6.55. The van der Waals surface area contributed by atoms with E-state index in [1.165, 1.54) is 44.1 Å². The van der Waals surface area contributed by atoms with Crippen molar-refractivity contribution in [2.75, 3.05) is 13.7 Å². The minimum Gasteiger partial charge on any atom is -0.396 e. The van der Waals surface area contributed by atoms with Gasteiger partial charge in [0.05, 0.1) is 0 Å². The van der Waals surface area contributed by atoms with Gasteiger partial charge in [-0.25, -0.2) is 0 Å². The fourth-order valence-corrected chi connectivity index (χ4v) is 3.42. The standard InChI is InChI=1S/C18H29NO/c1-19(15-17-8-3-2-4-9-17)18-12-10-16(11-13-18)7-5-6-14-20/h2-4,8-9,16,18,20H,5-7,10-15H2,1H3. The van der Waals surface area contributed by atoms with Gasteiger partial charge in [-0.2, -0.15) is 0 Å². The predicted octanol–water partition coefficient (Wildman–Crippen LogP) is 3.84. The van der Waals surface area contributed by atoms with E-state index in [9.17, 15) is 0 Å². The van der Waals surface area contributed by atoms with E-state index < -0.39 is 0 Å². The minimum absolute atomic E-state index is 0.356.